The summed E-state index contributed by atoms with van der Waals surface area (Å²) in [5.41, 5.74) is 7.23. The summed E-state index contributed by atoms with van der Waals surface area (Å²) in [7, 11) is 6.70. The van der Waals surface area contributed by atoms with Crippen LogP contribution in [0, 0.1) is 0 Å². The quantitative estimate of drug-likeness (QED) is 0.555. The Labute approximate surface area is 103 Å². The Morgan fingerprint density at radius 3 is 2.29 bits per heavy atom. The summed E-state index contributed by atoms with van der Waals surface area (Å²) in [5.74, 6) is 0. The molecule has 1 aliphatic carbocycles. The molecular weight excluding hydrogens is 206 g/mol. The van der Waals surface area contributed by atoms with Gasteiger partial charge in [0.05, 0.1) is 21.1 Å². The van der Waals surface area contributed by atoms with E-state index in [1.165, 1.54) is 27.9 Å². The van der Waals surface area contributed by atoms with Crippen molar-refractivity contribution in [1.29, 1.82) is 0 Å². The highest BCUT2D eigenvalue weighted by atomic mass is 15.3. The molecule has 1 nitrogen and oxygen atoms in total. The van der Waals surface area contributed by atoms with E-state index in [4.69, 9.17) is 0 Å². The van der Waals surface area contributed by atoms with Gasteiger partial charge in [0, 0.05) is 12.0 Å². The summed E-state index contributed by atoms with van der Waals surface area (Å²) in [6.07, 6.45) is 1.08. The van der Waals surface area contributed by atoms with Crippen LogP contribution in [0.25, 0.3) is 11.1 Å². The van der Waals surface area contributed by atoms with E-state index in [1.54, 1.807) is 0 Å². The van der Waals surface area contributed by atoms with Gasteiger partial charge in [0.25, 0.3) is 0 Å². The molecule has 3 rings (SSSR count). The smallest absolute Gasteiger partial charge is 0.136 e. The van der Waals surface area contributed by atoms with E-state index in [0.29, 0.717) is 0 Å². The Balaban J connectivity index is 2.24. The molecule has 1 heteroatoms. The molecule has 2 aromatic carbocycles. The Morgan fingerprint density at radius 2 is 1.53 bits per heavy atom. The lowest BCUT2D eigenvalue weighted by atomic mass is 10.0. The highest BCUT2D eigenvalue weighted by Gasteiger charge is 2.26. The third-order valence-electron chi connectivity index (χ3n) is 3.55. The molecule has 86 valence electrons. The highest BCUT2D eigenvalue weighted by Crippen LogP contribution is 2.41. The van der Waals surface area contributed by atoms with Crippen LogP contribution in [0.1, 0.15) is 11.1 Å². The largest absolute Gasteiger partial charge is 0.298 e. The van der Waals surface area contributed by atoms with Crippen molar-refractivity contribution in [2.24, 2.45) is 0 Å². The third-order valence-corrected chi connectivity index (χ3v) is 3.55. The molecule has 0 unspecified atom stereocenters. The average molecular weight is 224 g/mol. The lowest BCUT2D eigenvalue weighted by molar-refractivity contribution is 0.483. The van der Waals surface area contributed by atoms with E-state index in [0.717, 1.165) is 10.9 Å². The van der Waals surface area contributed by atoms with Crippen molar-refractivity contribution in [3.05, 3.63) is 53.6 Å². The van der Waals surface area contributed by atoms with Gasteiger partial charge in [-0.1, -0.05) is 36.4 Å². The van der Waals surface area contributed by atoms with E-state index in [2.05, 4.69) is 63.6 Å². The van der Waals surface area contributed by atoms with Crippen LogP contribution in [0.15, 0.2) is 42.5 Å². The van der Waals surface area contributed by atoms with Crippen molar-refractivity contribution in [1.82, 2.24) is 4.48 Å². The number of rotatable bonds is 1. The first-order valence-electron chi connectivity index (χ1n) is 6.09. The normalized spacial score (nSPS) is 13.4. The second-order valence-corrected chi connectivity index (χ2v) is 5.65. The number of hydrogen-bond donors (Lipinski definition) is 0. The predicted molar refractivity (Wildman–Crippen MR) is 74.3 cm³/mol. The minimum Gasteiger partial charge on any atom is -0.298 e. The van der Waals surface area contributed by atoms with Crippen LogP contribution in [-0.4, -0.2) is 21.1 Å². The van der Waals surface area contributed by atoms with Crippen LogP contribution in [0.3, 0.4) is 0 Å². The van der Waals surface area contributed by atoms with Gasteiger partial charge in [-0.2, -0.15) is 0 Å². The fourth-order valence-corrected chi connectivity index (χ4v) is 2.77. The average Bonchev–Trinajstić information content (AvgIpc) is 2.65. The second kappa shape index (κ2) is 3.44. The molecular formula is C16H18N+. The molecule has 0 heterocycles. The van der Waals surface area contributed by atoms with Gasteiger partial charge in [0.15, 0.2) is 0 Å². The number of hydrogen-bond acceptors (Lipinski definition) is 0. The van der Waals surface area contributed by atoms with Crippen molar-refractivity contribution in [3.8, 4) is 11.1 Å². The molecule has 2 aromatic rings. The summed E-state index contributed by atoms with van der Waals surface area (Å²) in [6, 6.07) is 15.4. The predicted octanol–water partition coefficient (Wildman–Crippen LogP) is 3.45. The Morgan fingerprint density at radius 1 is 0.824 bits per heavy atom. The fourth-order valence-electron chi connectivity index (χ4n) is 2.77. The molecule has 0 N–H and O–H groups in total. The minimum atomic E-state index is 0.886. The van der Waals surface area contributed by atoms with E-state index in [1.807, 2.05) is 0 Å². The molecule has 0 amide bonds. The first-order chi connectivity index (χ1) is 8.07. The van der Waals surface area contributed by atoms with Gasteiger partial charge in [0.1, 0.15) is 5.69 Å². The summed E-state index contributed by atoms with van der Waals surface area (Å²) in [5, 5.41) is 0. The van der Waals surface area contributed by atoms with Crippen LogP contribution in [-0.2, 0) is 6.42 Å². The van der Waals surface area contributed by atoms with Crippen LogP contribution in [0.5, 0.6) is 0 Å². The Bertz CT molecular complexity index is 576. The second-order valence-electron chi connectivity index (χ2n) is 5.65. The van der Waals surface area contributed by atoms with E-state index < -0.39 is 0 Å². The SMILES string of the molecule is C[N+](C)(C)c1cccc2c1Cc1ccccc1-2. The maximum absolute atomic E-state index is 2.25. The summed E-state index contributed by atoms with van der Waals surface area (Å²) in [4.78, 5) is 0. The van der Waals surface area contributed by atoms with Gasteiger partial charge in [-0.25, -0.2) is 0 Å². The van der Waals surface area contributed by atoms with Gasteiger partial charge in [-0.05, 0) is 22.8 Å². The van der Waals surface area contributed by atoms with Crippen molar-refractivity contribution >= 4 is 5.69 Å². The van der Waals surface area contributed by atoms with Crippen LogP contribution >= 0.6 is 0 Å². The number of fused-ring (bicyclic) bond motifs is 3. The summed E-state index contributed by atoms with van der Waals surface area (Å²) in [6.45, 7) is 0. The van der Waals surface area contributed by atoms with Gasteiger partial charge in [-0.3, -0.25) is 4.48 Å². The first-order valence-corrected chi connectivity index (χ1v) is 6.09. The van der Waals surface area contributed by atoms with Gasteiger partial charge >= 0.3 is 0 Å². The zero-order chi connectivity index (χ0) is 12.0. The maximum atomic E-state index is 2.25. The van der Waals surface area contributed by atoms with Gasteiger partial charge in [-0.15, -0.1) is 0 Å². The monoisotopic (exact) mass is 224 g/mol. The molecule has 0 saturated carbocycles. The third kappa shape index (κ3) is 1.58. The van der Waals surface area contributed by atoms with Gasteiger partial charge < -0.3 is 0 Å². The van der Waals surface area contributed by atoms with Crippen LogP contribution < -0.4 is 4.48 Å². The molecule has 1 aliphatic rings. The topological polar surface area (TPSA) is 0 Å². The lowest BCUT2D eigenvalue weighted by Gasteiger charge is -2.25. The zero-order valence-corrected chi connectivity index (χ0v) is 10.7. The van der Waals surface area contributed by atoms with Crippen LogP contribution in [0.4, 0.5) is 5.69 Å². The van der Waals surface area contributed by atoms with Gasteiger partial charge in [0.2, 0.25) is 0 Å². The van der Waals surface area contributed by atoms with Crippen molar-refractivity contribution in [2.45, 2.75) is 6.42 Å². The highest BCUT2D eigenvalue weighted by molar-refractivity contribution is 5.81. The van der Waals surface area contributed by atoms with Crippen LogP contribution in [0.2, 0.25) is 0 Å². The number of quaternary nitrogens is 1. The van der Waals surface area contributed by atoms with E-state index in [9.17, 15) is 0 Å². The first kappa shape index (κ1) is 10.5. The summed E-state index contributed by atoms with van der Waals surface area (Å²) >= 11 is 0. The standard InChI is InChI=1S/C16H18N/c1-17(2,3)16-10-6-9-14-13-8-5-4-7-12(13)11-15(14)16/h4-10H,11H2,1-3H3/q+1. The molecule has 0 bridgehead atoms. The molecule has 0 saturated heterocycles. The number of nitrogens with zero attached hydrogens (tertiary/aromatic N) is 1. The lowest BCUT2D eigenvalue weighted by Crippen LogP contribution is -2.35. The molecule has 0 fully saturated rings. The minimum absolute atomic E-state index is 0.886. The molecule has 0 aliphatic heterocycles. The fraction of sp³-hybridized carbons (Fsp3) is 0.250. The molecule has 0 aromatic heterocycles. The van der Waals surface area contributed by atoms with Crippen molar-refractivity contribution in [3.63, 3.8) is 0 Å². The van der Waals surface area contributed by atoms with Crippen molar-refractivity contribution in [2.75, 3.05) is 21.1 Å². The van der Waals surface area contributed by atoms with E-state index >= 15 is 0 Å². The Kier molecular flexibility index (Phi) is 2.14. The zero-order valence-electron chi connectivity index (χ0n) is 10.7. The molecule has 0 spiro atoms. The van der Waals surface area contributed by atoms with Crippen molar-refractivity contribution < 1.29 is 0 Å². The molecule has 0 atom stereocenters. The molecule has 17 heavy (non-hydrogen) atoms. The number of benzene rings is 2. The van der Waals surface area contributed by atoms with E-state index in [-0.39, 0.29) is 0 Å². The Hall–Kier alpha value is -1.60. The maximum Gasteiger partial charge on any atom is 0.136 e. The summed E-state index contributed by atoms with van der Waals surface area (Å²) < 4.78 is 0.886. The molecule has 0 radical (unpaired) electrons.